The molecule has 0 aliphatic carbocycles. The largest absolute Gasteiger partial charge is 0.494 e. The Morgan fingerprint density at radius 3 is 2.89 bits per heavy atom. The fourth-order valence-electron chi connectivity index (χ4n) is 3.70. The molecule has 1 N–H and O–H groups in total. The molecule has 1 heterocycles. The lowest BCUT2D eigenvalue weighted by molar-refractivity contribution is 0.0811. The second-order valence-electron chi connectivity index (χ2n) is 6.98. The van der Waals surface area contributed by atoms with E-state index < -0.39 is 0 Å². The van der Waals surface area contributed by atoms with E-state index in [0.717, 1.165) is 49.4 Å². The topological polar surface area (TPSA) is 49.8 Å². The molecule has 2 aromatic rings. The van der Waals surface area contributed by atoms with Crippen molar-refractivity contribution in [3.05, 3.63) is 64.2 Å². The number of piperidine rings is 1. The van der Waals surface area contributed by atoms with Gasteiger partial charge in [0.05, 0.1) is 13.2 Å². The Morgan fingerprint density at radius 2 is 2.15 bits per heavy atom. The number of ketones is 1. The van der Waals surface area contributed by atoms with Gasteiger partial charge in [0.1, 0.15) is 5.75 Å². The van der Waals surface area contributed by atoms with E-state index in [9.17, 15) is 9.90 Å². The third kappa shape index (κ3) is 5.10. The molecule has 0 unspecified atom stereocenters. The number of nitrogens with zero attached hydrogens (tertiary/aromatic N) is 1. The molecule has 1 fully saturated rings. The molecule has 2 aromatic carbocycles. The van der Waals surface area contributed by atoms with Gasteiger partial charge < -0.3 is 9.84 Å². The lowest BCUT2D eigenvalue weighted by atomic mass is 9.90. The zero-order valence-electron chi connectivity index (χ0n) is 15.7. The van der Waals surface area contributed by atoms with E-state index in [1.807, 2.05) is 37.3 Å². The fraction of sp³-hybridized carbons (Fsp3) is 0.409. The minimum atomic E-state index is -0.0426. The highest BCUT2D eigenvalue weighted by Gasteiger charge is 2.26. The number of rotatable bonds is 7. The number of Topliss-reactive ketones (excluding diaryl/α,β-unsaturated/α-hetero) is 1. The number of hydrogen-bond donors (Lipinski definition) is 1. The highest BCUT2D eigenvalue weighted by Crippen LogP contribution is 2.25. The van der Waals surface area contributed by atoms with Crippen molar-refractivity contribution in [2.45, 2.75) is 32.9 Å². The molecule has 27 heavy (non-hydrogen) atoms. The normalized spacial score (nSPS) is 17.7. The Balaban J connectivity index is 1.67. The second-order valence-corrected chi connectivity index (χ2v) is 7.42. The van der Waals surface area contributed by atoms with E-state index in [1.165, 1.54) is 0 Å². The van der Waals surface area contributed by atoms with Crippen molar-refractivity contribution in [2.75, 3.05) is 19.7 Å². The maximum absolute atomic E-state index is 12.8. The first-order valence-electron chi connectivity index (χ1n) is 9.48. The smallest absolute Gasteiger partial charge is 0.167 e. The van der Waals surface area contributed by atoms with Gasteiger partial charge in [0.25, 0.3) is 0 Å². The number of likely N-dealkylation sites (tertiary alicyclic amines) is 1. The van der Waals surface area contributed by atoms with Crippen molar-refractivity contribution in [3.63, 3.8) is 0 Å². The monoisotopic (exact) mass is 387 g/mol. The van der Waals surface area contributed by atoms with Crippen molar-refractivity contribution in [1.29, 1.82) is 0 Å². The zero-order chi connectivity index (χ0) is 19.2. The third-order valence-electron chi connectivity index (χ3n) is 4.99. The SMILES string of the molecule is CCOc1ccc(CN2CCC[C@@H](C(=O)c3cccc(Cl)c3)C2)cc1CO. The summed E-state index contributed by atoms with van der Waals surface area (Å²) in [5.41, 5.74) is 2.62. The van der Waals surface area contributed by atoms with E-state index in [0.29, 0.717) is 17.2 Å². The van der Waals surface area contributed by atoms with Crippen LogP contribution < -0.4 is 4.74 Å². The quantitative estimate of drug-likeness (QED) is 0.718. The summed E-state index contributed by atoms with van der Waals surface area (Å²) in [4.78, 5) is 15.1. The highest BCUT2D eigenvalue weighted by atomic mass is 35.5. The highest BCUT2D eigenvalue weighted by molar-refractivity contribution is 6.31. The molecule has 0 aromatic heterocycles. The Kier molecular flexibility index (Phi) is 6.89. The molecule has 1 saturated heterocycles. The number of halogens is 1. The molecule has 0 amide bonds. The van der Waals surface area contributed by atoms with Crippen molar-refractivity contribution in [1.82, 2.24) is 4.90 Å². The molecular weight excluding hydrogens is 362 g/mol. The third-order valence-corrected chi connectivity index (χ3v) is 5.22. The molecule has 0 spiro atoms. The first kappa shape index (κ1) is 19.9. The van der Waals surface area contributed by atoms with Crippen LogP contribution in [0.3, 0.4) is 0 Å². The van der Waals surface area contributed by atoms with Crippen molar-refractivity contribution >= 4 is 17.4 Å². The lowest BCUT2D eigenvalue weighted by Gasteiger charge is -2.32. The Bertz CT molecular complexity index is 793. The van der Waals surface area contributed by atoms with E-state index >= 15 is 0 Å². The summed E-state index contributed by atoms with van der Waals surface area (Å²) in [6.45, 7) is 4.94. The summed E-state index contributed by atoms with van der Waals surface area (Å²) in [5.74, 6) is 0.901. The summed E-state index contributed by atoms with van der Waals surface area (Å²) < 4.78 is 5.55. The predicted octanol–water partition coefficient (Wildman–Crippen LogP) is 4.33. The van der Waals surface area contributed by atoms with Crippen LogP contribution in [0.1, 0.15) is 41.3 Å². The Hall–Kier alpha value is -1.88. The maximum atomic E-state index is 12.8. The zero-order valence-corrected chi connectivity index (χ0v) is 16.4. The molecule has 0 saturated carbocycles. The van der Waals surface area contributed by atoms with Crippen LogP contribution in [0.2, 0.25) is 5.02 Å². The van der Waals surface area contributed by atoms with Crippen LogP contribution in [0.25, 0.3) is 0 Å². The van der Waals surface area contributed by atoms with Gasteiger partial charge in [-0.2, -0.15) is 0 Å². The molecule has 0 radical (unpaired) electrons. The Morgan fingerprint density at radius 1 is 1.30 bits per heavy atom. The van der Waals surface area contributed by atoms with Gasteiger partial charge in [0.2, 0.25) is 0 Å². The van der Waals surface area contributed by atoms with Crippen LogP contribution in [0.15, 0.2) is 42.5 Å². The standard InChI is InChI=1S/C22H26ClNO3/c1-2-27-21-9-8-16(11-19(21)15-25)13-24-10-4-6-18(14-24)22(26)17-5-3-7-20(23)12-17/h3,5,7-9,11-12,18,25H,2,4,6,10,13-15H2,1H3/t18-/m1/s1. The number of carbonyl (C=O) groups is 1. The van der Waals surface area contributed by atoms with E-state index in [4.69, 9.17) is 16.3 Å². The summed E-state index contributed by atoms with van der Waals surface area (Å²) in [6, 6.07) is 13.2. The van der Waals surface area contributed by atoms with E-state index in [2.05, 4.69) is 4.90 Å². The number of benzene rings is 2. The van der Waals surface area contributed by atoms with E-state index in [1.54, 1.807) is 12.1 Å². The molecule has 4 nitrogen and oxygen atoms in total. The summed E-state index contributed by atoms with van der Waals surface area (Å²) in [7, 11) is 0. The summed E-state index contributed by atoms with van der Waals surface area (Å²) in [6.07, 6.45) is 1.91. The molecule has 1 aliphatic rings. The van der Waals surface area contributed by atoms with Crippen LogP contribution in [-0.4, -0.2) is 35.5 Å². The van der Waals surface area contributed by atoms with Gasteiger partial charge in [-0.15, -0.1) is 0 Å². The minimum Gasteiger partial charge on any atom is -0.494 e. The molecule has 5 heteroatoms. The molecule has 1 atom stereocenters. The first-order valence-corrected chi connectivity index (χ1v) is 9.86. The number of aliphatic hydroxyl groups is 1. The van der Waals surface area contributed by atoms with Gasteiger partial charge in [0.15, 0.2) is 5.78 Å². The molecule has 3 rings (SSSR count). The molecule has 0 bridgehead atoms. The van der Waals surface area contributed by atoms with Gasteiger partial charge in [-0.3, -0.25) is 9.69 Å². The van der Waals surface area contributed by atoms with Crippen molar-refractivity contribution in [2.24, 2.45) is 5.92 Å². The van der Waals surface area contributed by atoms with Gasteiger partial charge in [-0.25, -0.2) is 0 Å². The van der Waals surface area contributed by atoms with Gasteiger partial charge in [-0.1, -0.05) is 29.8 Å². The second kappa shape index (κ2) is 9.36. The Labute approximate surface area is 165 Å². The summed E-state index contributed by atoms with van der Waals surface area (Å²) in [5, 5.41) is 10.2. The number of carbonyl (C=O) groups excluding carboxylic acids is 1. The van der Waals surface area contributed by atoms with Gasteiger partial charge >= 0.3 is 0 Å². The van der Waals surface area contributed by atoms with Crippen molar-refractivity contribution in [3.8, 4) is 5.75 Å². The number of hydrogen-bond acceptors (Lipinski definition) is 4. The summed E-state index contributed by atoms with van der Waals surface area (Å²) >= 11 is 6.03. The maximum Gasteiger partial charge on any atom is 0.167 e. The average molecular weight is 388 g/mol. The van der Waals surface area contributed by atoms with Crippen LogP contribution in [0.4, 0.5) is 0 Å². The van der Waals surface area contributed by atoms with Crippen LogP contribution >= 0.6 is 11.6 Å². The fourth-order valence-corrected chi connectivity index (χ4v) is 3.89. The van der Waals surface area contributed by atoms with E-state index in [-0.39, 0.29) is 18.3 Å². The van der Waals surface area contributed by atoms with Crippen LogP contribution in [0.5, 0.6) is 5.75 Å². The lowest BCUT2D eigenvalue weighted by Crippen LogP contribution is -2.38. The minimum absolute atomic E-state index is 0.00257. The average Bonchev–Trinajstić information content (AvgIpc) is 2.69. The van der Waals surface area contributed by atoms with Crippen LogP contribution in [0, 0.1) is 5.92 Å². The molecule has 144 valence electrons. The predicted molar refractivity (Wildman–Crippen MR) is 107 cm³/mol. The van der Waals surface area contributed by atoms with Gasteiger partial charge in [-0.05, 0) is 56.1 Å². The molecular formula is C22H26ClNO3. The first-order chi connectivity index (χ1) is 13.1. The molecule has 1 aliphatic heterocycles. The number of ether oxygens (including phenoxy) is 1. The van der Waals surface area contributed by atoms with Crippen molar-refractivity contribution < 1.29 is 14.6 Å². The number of aliphatic hydroxyl groups excluding tert-OH is 1. The van der Waals surface area contributed by atoms with Gasteiger partial charge in [0, 0.05) is 35.2 Å². The van der Waals surface area contributed by atoms with Crippen LogP contribution in [-0.2, 0) is 13.2 Å².